The second-order valence-electron chi connectivity index (χ2n) is 7.44. The molecule has 0 unspecified atom stereocenters. The van der Waals surface area contributed by atoms with Gasteiger partial charge in [0.15, 0.2) is 0 Å². The fourth-order valence-electron chi connectivity index (χ4n) is 3.92. The van der Waals surface area contributed by atoms with Gasteiger partial charge in [0.25, 0.3) is 5.91 Å². The Bertz CT molecular complexity index is 778. The van der Waals surface area contributed by atoms with E-state index in [-0.39, 0.29) is 18.1 Å². The minimum Gasteiger partial charge on any atom is -0.363 e. The maximum Gasteiger partial charge on any atom is 0.253 e. The average Bonchev–Trinajstić information content (AvgIpc) is 2.99. The third-order valence-corrected chi connectivity index (χ3v) is 5.82. The zero-order valence-corrected chi connectivity index (χ0v) is 15.5. The van der Waals surface area contributed by atoms with Crippen LogP contribution in [0.25, 0.3) is 0 Å². The molecule has 6 nitrogen and oxygen atoms in total. The summed E-state index contributed by atoms with van der Waals surface area (Å²) < 4.78 is 7.99. The number of ether oxygens (including phenoxy) is 1. The fraction of sp³-hybridized carbons (Fsp3) is 0.500. The molecule has 3 heterocycles. The molecular formula is C20H26N4O2. The van der Waals surface area contributed by atoms with Gasteiger partial charge in [-0.2, -0.15) is 5.10 Å². The van der Waals surface area contributed by atoms with Crippen LogP contribution in [0.15, 0.2) is 36.5 Å². The Kier molecular flexibility index (Phi) is 4.54. The summed E-state index contributed by atoms with van der Waals surface area (Å²) in [5, 5.41) is 4.34. The molecule has 0 N–H and O–H groups in total. The van der Waals surface area contributed by atoms with Gasteiger partial charge in [0.05, 0.1) is 18.3 Å². The van der Waals surface area contributed by atoms with E-state index in [4.69, 9.17) is 4.74 Å². The maximum atomic E-state index is 12.3. The first-order chi connectivity index (χ1) is 12.6. The molecule has 1 amide bonds. The van der Waals surface area contributed by atoms with Crippen LogP contribution in [-0.2, 0) is 23.1 Å². The maximum absolute atomic E-state index is 12.3. The standard InChI is InChI=1S/C20H26N4O2/c1-16-17(12-21-22(16)2)13-23-10-8-20(9-11-23)15-24(19(25)14-26-20)18-6-4-3-5-7-18/h3-7,12H,8-11,13-15H2,1-2H3. The van der Waals surface area contributed by atoms with Crippen LogP contribution < -0.4 is 4.90 Å². The van der Waals surface area contributed by atoms with Crippen molar-refractivity contribution >= 4 is 11.6 Å². The summed E-state index contributed by atoms with van der Waals surface area (Å²) in [5.74, 6) is 0.0511. The summed E-state index contributed by atoms with van der Waals surface area (Å²) in [5.41, 5.74) is 3.26. The third kappa shape index (κ3) is 3.27. The van der Waals surface area contributed by atoms with Gasteiger partial charge < -0.3 is 9.64 Å². The second kappa shape index (κ2) is 6.85. The first-order valence-electron chi connectivity index (χ1n) is 9.26. The van der Waals surface area contributed by atoms with E-state index in [1.54, 1.807) is 0 Å². The van der Waals surface area contributed by atoms with Gasteiger partial charge in [-0.05, 0) is 31.9 Å². The molecule has 1 spiro atoms. The van der Waals surface area contributed by atoms with Crippen molar-refractivity contribution < 1.29 is 9.53 Å². The lowest BCUT2D eigenvalue weighted by Crippen LogP contribution is -2.58. The van der Waals surface area contributed by atoms with Crippen LogP contribution in [0.1, 0.15) is 24.1 Å². The number of hydrogen-bond donors (Lipinski definition) is 0. The summed E-state index contributed by atoms with van der Waals surface area (Å²) in [4.78, 5) is 16.7. The first-order valence-corrected chi connectivity index (χ1v) is 9.26. The molecule has 2 fully saturated rings. The molecule has 4 rings (SSSR count). The number of carbonyl (C=O) groups is 1. The number of amides is 1. The van der Waals surface area contributed by atoms with E-state index in [9.17, 15) is 4.79 Å². The number of aromatic nitrogens is 2. The van der Waals surface area contributed by atoms with Crippen molar-refractivity contribution in [2.24, 2.45) is 7.05 Å². The Morgan fingerprint density at radius 1 is 1.19 bits per heavy atom. The number of nitrogens with zero attached hydrogens (tertiary/aromatic N) is 4. The monoisotopic (exact) mass is 354 g/mol. The molecule has 0 radical (unpaired) electrons. The van der Waals surface area contributed by atoms with Gasteiger partial charge in [0, 0.05) is 43.6 Å². The molecule has 0 aliphatic carbocycles. The number of para-hydroxylation sites is 1. The summed E-state index contributed by atoms with van der Waals surface area (Å²) in [6, 6.07) is 9.92. The van der Waals surface area contributed by atoms with E-state index >= 15 is 0 Å². The van der Waals surface area contributed by atoms with Crippen molar-refractivity contribution in [3.8, 4) is 0 Å². The van der Waals surface area contributed by atoms with Crippen molar-refractivity contribution in [3.63, 3.8) is 0 Å². The van der Waals surface area contributed by atoms with Crippen molar-refractivity contribution in [1.82, 2.24) is 14.7 Å². The van der Waals surface area contributed by atoms with Crippen LogP contribution in [0.4, 0.5) is 5.69 Å². The van der Waals surface area contributed by atoms with Gasteiger partial charge in [0.1, 0.15) is 6.61 Å². The first kappa shape index (κ1) is 17.2. The van der Waals surface area contributed by atoms with Crippen molar-refractivity contribution in [2.75, 3.05) is 31.1 Å². The number of morpholine rings is 1. The largest absolute Gasteiger partial charge is 0.363 e. The fourth-order valence-corrected chi connectivity index (χ4v) is 3.92. The van der Waals surface area contributed by atoms with E-state index < -0.39 is 0 Å². The summed E-state index contributed by atoms with van der Waals surface area (Å²) in [7, 11) is 1.98. The minimum atomic E-state index is -0.218. The Morgan fingerprint density at radius 2 is 1.92 bits per heavy atom. The number of piperidine rings is 1. The summed E-state index contributed by atoms with van der Waals surface area (Å²) in [6.07, 6.45) is 3.86. The minimum absolute atomic E-state index is 0.0511. The quantitative estimate of drug-likeness (QED) is 0.847. The molecule has 26 heavy (non-hydrogen) atoms. The molecule has 1 aromatic carbocycles. The topological polar surface area (TPSA) is 50.6 Å². The van der Waals surface area contributed by atoms with Gasteiger partial charge in [-0.1, -0.05) is 18.2 Å². The molecule has 0 bridgehead atoms. The van der Waals surface area contributed by atoms with Crippen LogP contribution in [0.2, 0.25) is 0 Å². The van der Waals surface area contributed by atoms with E-state index in [0.29, 0.717) is 6.54 Å². The molecule has 138 valence electrons. The lowest BCUT2D eigenvalue weighted by Gasteiger charge is -2.47. The Balaban J connectivity index is 1.41. The van der Waals surface area contributed by atoms with E-state index in [2.05, 4.69) is 16.9 Å². The number of likely N-dealkylation sites (tertiary alicyclic amines) is 1. The average molecular weight is 354 g/mol. The van der Waals surface area contributed by atoms with Crippen molar-refractivity contribution in [2.45, 2.75) is 31.9 Å². The highest BCUT2D eigenvalue weighted by Gasteiger charge is 2.42. The van der Waals surface area contributed by atoms with Gasteiger partial charge >= 0.3 is 0 Å². The smallest absolute Gasteiger partial charge is 0.253 e. The summed E-state index contributed by atoms with van der Waals surface area (Å²) in [6.45, 7) is 5.82. The van der Waals surface area contributed by atoms with Crippen LogP contribution in [0.3, 0.4) is 0 Å². The molecule has 2 aliphatic heterocycles. The van der Waals surface area contributed by atoms with Crippen LogP contribution in [-0.4, -0.2) is 52.4 Å². The third-order valence-electron chi connectivity index (χ3n) is 5.82. The van der Waals surface area contributed by atoms with Crippen LogP contribution in [0, 0.1) is 6.92 Å². The van der Waals surface area contributed by atoms with E-state index in [1.807, 2.05) is 53.2 Å². The molecule has 2 aliphatic rings. The van der Waals surface area contributed by atoms with Crippen LogP contribution >= 0.6 is 0 Å². The number of carbonyl (C=O) groups excluding carboxylic acids is 1. The molecule has 2 aromatic rings. The lowest BCUT2D eigenvalue weighted by atomic mass is 9.89. The number of hydrogen-bond acceptors (Lipinski definition) is 4. The van der Waals surface area contributed by atoms with Gasteiger partial charge in [-0.3, -0.25) is 14.4 Å². The summed E-state index contributed by atoms with van der Waals surface area (Å²) >= 11 is 0. The van der Waals surface area contributed by atoms with Gasteiger partial charge in [-0.15, -0.1) is 0 Å². The zero-order chi connectivity index (χ0) is 18.1. The number of benzene rings is 1. The molecular weight excluding hydrogens is 328 g/mol. The highest BCUT2D eigenvalue weighted by molar-refractivity contribution is 5.95. The Labute approximate surface area is 154 Å². The Hall–Kier alpha value is -2.18. The number of rotatable bonds is 3. The predicted octanol–water partition coefficient (Wildman–Crippen LogP) is 2.13. The Morgan fingerprint density at radius 3 is 2.58 bits per heavy atom. The van der Waals surface area contributed by atoms with Crippen molar-refractivity contribution in [1.29, 1.82) is 0 Å². The van der Waals surface area contributed by atoms with E-state index in [1.165, 1.54) is 11.3 Å². The van der Waals surface area contributed by atoms with Gasteiger partial charge in [-0.25, -0.2) is 0 Å². The molecule has 0 atom stereocenters. The lowest BCUT2D eigenvalue weighted by molar-refractivity contribution is -0.144. The molecule has 1 aromatic heterocycles. The zero-order valence-electron chi connectivity index (χ0n) is 15.5. The molecule has 2 saturated heterocycles. The molecule has 6 heteroatoms. The van der Waals surface area contributed by atoms with Gasteiger partial charge in [0.2, 0.25) is 0 Å². The number of aryl methyl sites for hydroxylation is 1. The molecule has 0 saturated carbocycles. The second-order valence-corrected chi connectivity index (χ2v) is 7.44. The van der Waals surface area contributed by atoms with E-state index in [0.717, 1.165) is 38.2 Å². The normalized spacial score (nSPS) is 20.7. The highest BCUT2D eigenvalue weighted by Crippen LogP contribution is 2.33. The number of anilines is 1. The predicted molar refractivity (Wildman–Crippen MR) is 99.9 cm³/mol. The van der Waals surface area contributed by atoms with Crippen molar-refractivity contribution in [3.05, 3.63) is 47.8 Å². The van der Waals surface area contributed by atoms with Crippen LogP contribution in [0.5, 0.6) is 0 Å². The highest BCUT2D eigenvalue weighted by atomic mass is 16.5. The SMILES string of the molecule is Cc1c(CN2CCC3(CC2)CN(c2ccccc2)C(=O)CO3)cnn1C.